The highest BCUT2D eigenvalue weighted by Crippen LogP contribution is 2.20. The van der Waals surface area contributed by atoms with Crippen LogP contribution in [0.5, 0.6) is 5.75 Å². The van der Waals surface area contributed by atoms with Crippen LogP contribution in [0.2, 0.25) is 0 Å². The fourth-order valence-corrected chi connectivity index (χ4v) is 2.64. The van der Waals surface area contributed by atoms with E-state index in [4.69, 9.17) is 4.74 Å². The number of ether oxygens (including phenoxy) is 1. The molecule has 0 aromatic heterocycles. The molecular weight excluding hydrogens is 301 g/mol. The van der Waals surface area contributed by atoms with Gasteiger partial charge in [-0.2, -0.15) is 0 Å². The number of rotatable bonds is 7. The molecule has 2 rings (SSSR count). The summed E-state index contributed by atoms with van der Waals surface area (Å²) in [5.41, 5.74) is 0.616. The molecule has 0 aliphatic carbocycles. The number of methoxy groups -OCH3 is 1. The van der Waals surface area contributed by atoms with Gasteiger partial charge < -0.3 is 10.1 Å². The second-order valence-electron chi connectivity index (χ2n) is 4.66. The number of benzene rings is 2. The lowest BCUT2D eigenvalue weighted by atomic mass is 10.1. The highest BCUT2D eigenvalue weighted by Gasteiger charge is 2.04. The molecule has 22 heavy (non-hydrogen) atoms. The summed E-state index contributed by atoms with van der Waals surface area (Å²) in [7, 11) is 1.62. The van der Waals surface area contributed by atoms with Crippen molar-refractivity contribution in [2.45, 2.75) is 11.3 Å². The predicted molar refractivity (Wildman–Crippen MR) is 86.8 cm³/mol. The first-order valence-corrected chi connectivity index (χ1v) is 7.94. The van der Waals surface area contributed by atoms with Crippen LogP contribution in [-0.2, 0) is 11.2 Å². The molecule has 0 fully saturated rings. The molecule has 0 radical (unpaired) electrons. The Bertz CT molecular complexity index is 616. The summed E-state index contributed by atoms with van der Waals surface area (Å²) in [4.78, 5) is 12.8. The highest BCUT2D eigenvalue weighted by molar-refractivity contribution is 8.00. The zero-order valence-corrected chi connectivity index (χ0v) is 13.2. The van der Waals surface area contributed by atoms with Crippen LogP contribution in [0.1, 0.15) is 5.56 Å². The molecule has 0 aliphatic heterocycles. The fraction of sp³-hybridized carbons (Fsp3) is 0.235. The van der Waals surface area contributed by atoms with Gasteiger partial charge >= 0.3 is 0 Å². The monoisotopic (exact) mass is 319 g/mol. The molecule has 0 saturated heterocycles. The van der Waals surface area contributed by atoms with Gasteiger partial charge in [-0.05, 0) is 42.3 Å². The lowest BCUT2D eigenvalue weighted by molar-refractivity contribution is -0.118. The van der Waals surface area contributed by atoms with Gasteiger partial charge in [-0.1, -0.05) is 18.2 Å². The second kappa shape index (κ2) is 8.44. The van der Waals surface area contributed by atoms with Gasteiger partial charge in [0.2, 0.25) is 5.91 Å². The standard InChI is InChI=1S/C17H18FNO2S/c1-21-14-6-8-15(9-7-14)22-12-17(20)19-11-10-13-4-2-3-5-16(13)18/h2-9H,10-12H2,1H3,(H,19,20). The molecule has 0 heterocycles. The Hall–Kier alpha value is -2.01. The van der Waals surface area contributed by atoms with Crippen LogP contribution in [0.25, 0.3) is 0 Å². The normalized spacial score (nSPS) is 10.3. The Labute approximate surface area is 133 Å². The maximum Gasteiger partial charge on any atom is 0.230 e. The Balaban J connectivity index is 1.70. The SMILES string of the molecule is COc1ccc(SCC(=O)NCCc2ccccc2F)cc1. The van der Waals surface area contributed by atoms with Gasteiger partial charge in [0, 0.05) is 11.4 Å². The summed E-state index contributed by atoms with van der Waals surface area (Å²) in [5, 5.41) is 2.80. The minimum absolute atomic E-state index is 0.0582. The first kappa shape index (κ1) is 16.4. The maximum atomic E-state index is 13.4. The summed E-state index contributed by atoms with van der Waals surface area (Å²) in [6.07, 6.45) is 0.492. The molecule has 1 amide bonds. The Morgan fingerprint density at radius 2 is 1.91 bits per heavy atom. The van der Waals surface area contributed by atoms with Gasteiger partial charge in [0.15, 0.2) is 0 Å². The average Bonchev–Trinajstić information content (AvgIpc) is 2.55. The van der Waals surface area contributed by atoms with Gasteiger partial charge in [0.25, 0.3) is 0 Å². The highest BCUT2D eigenvalue weighted by atomic mass is 32.2. The largest absolute Gasteiger partial charge is 0.497 e. The van der Waals surface area contributed by atoms with Crippen LogP contribution in [0.4, 0.5) is 4.39 Å². The number of carbonyl (C=O) groups is 1. The molecule has 0 bridgehead atoms. The van der Waals surface area contributed by atoms with Crippen molar-refractivity contribution in [2.24, 2.45) is 0 Å². The van der Waals surface area contributed by atoms with E-state index in [1.54, 1.807) is 25.3 Å². The molecule has 0 spiro atoms. The van der Waals surface area contributed by atoms with Crippen molar-refractivity contribution in [3.63, 3.8) is 0 Å². The van der Waals surface area contributed by atoms with E-state index in [2.05, 4.69) is 5.32 Å². The van der Waals surface area contributed by atoms with E-state index in [1.807, 2.05) is 24.3 Å². The van der Waals surface area contributed by atoms with Crippen molar-refractivity contribution in [1.29, 1.82) is 0 Å². The summed E-state index contributed by atoms with van der Waals surface area (Å²) in [5.74, 6) is 0.837. The third-order valence-electron chi connectivity index (χ3n) is 3.10. The molecule has 1 N–H and O–H groups in total. The maximum absolute atomic E-state index is 13.4. The molecule has 3 nitrogen and oxygen atoms in total. The predicted octanol–water partition coefficient (Wildman–Crippen LogP) is 3.29. The van der Waals surface area contributed by atoms with E-state index in [9.17, 15) is 9.18 Å². The van der Waals surface area contributed by atoms with Gasteiger partial charge in [-0.25, -0.2) is 4.39 Å². The molecule has 2 aromatic carbocycles. The molecule has 0 saturated carbocycles. The first-order valence-electron chi connectivity index (χ1n) is 6.96. The van der Waals surface area contributed by atoms with Gasteiger partial charge in [-0.15, -0.1) is 11.8 Å². The van der Waals surface area contributed by atoms with E-state index in [-0.39, 0.29) is 11.7 Å². The lowest BCUT2D eigenvalue weighted by Crippen LogP contribution is -2.27. The van der Waals surface area contributed by atoms with Gasteiger partial charge in [-0.3, -0.25) is 4.79 Å². The number of halogens is 1. The van der Waals surface area contributed by atoms with Crippen LogP contribution >= 0.6 is 11.8 Å². The molecular formula is C17H18FNO2S. The molecule has 0 atom stereocenters. The number of hydrogen-bond donors (Lipinski definition) is 1. The van der Waals surface area contributed by atoms with Crippen molar-refractivity contribution >= 4 is 17.7 Å². The Kier molecular flexibility index (Phi) is 6.27. The number of nitrogens with one attached hydrogen (secondary N) is 1. The summed E-state index contributed by atoms with van der Waals surface area (Å²) >= 11 is 1.46. The van der Waals surface area contributed by atoms with Gasteiger partial charge in [0.05, 0.1) is 12.9 Å². The lowest BCUT2D eigenvalue weighted by Gasteiger charge is -2.06. The minimum atomic E-state index is -0.232. The van der Waals surface area contributed by atoms with Crippen LogP contribution < -0.4 is 10.1 Å². The van der Waals surface area contributed by atoms with Gasteiger partial charge in [0.1, 0.15) is 11.6 Å². The first-order chi connectivity index (χ1) is 10.7. The zero-order valence-electron chi connectivity index (χ0n) is 12.3. The van der Waals surface area contributed by atoms with Crippen molar-refractivity contribution < 1.29 is 13.9 Å². The number of amides is 1. The molecule has 2 aromatic rings. The van der Waals surface area contributed by atoms with Crippen LogP contribution in [-0.4, -0.2) is 25.3 Å². The number of carbonyl (C=O) groups excluding carboxylic acids is 1. The quantitative estimate of drug-likeness (QED) is 0.796. The number of thioether (sulfide) groups is 1. The van der Waals surface area contributed by atoms with E-state index in [0.29, 0.717) is 24.3 Å². The van der Waals surface area contributed by atoms with Crippen molar-refractivity contribution in [2.75, 3.05) is 19.4 Å². The smallest absolute Gasteiger partial charge is 0.230 e. The van der Waals surface area contributed by atoms with Crippen molar-refractivity contribution in [3.05, 3.63) is 59.9 Å². The summed E-state index contributed by atoms with van der Waals surface area (Å²) < 4.78 is 18.5. The Morgan fingerprint density at radius 1 is 1.18 bits per heavy atom. The number of hydrogen-bond acceptors (Lipinski definition) is 3. The summed E-state index contributed by atoms with van der Waals surface area (Å²) in [6.45, 7) is 0.433. The molecule has 0 unspecified atom stereocenters. The van der Waals surface area contributed by atoms with Crippen LogP contribution in [0, 0.1) is 5.82 Å². The van der Waals surface area contributed by atoms with Crippen molar-refractivity contribution in [3.8, 4) is 5.75 Å². The second-order valence-corrected chi connectivity index (χ2v) is 5.70. The molecule has 0 aliphatic rings. The molecule has 116 valence electrons. The zero-order chi connectivity index (χ0) is 15.8. The van der Waals surface area contributed by atoms with Crippen LogP contribution in [0.15, 0.2) is 53.4 Å². The van der Waals surface area contributed by atoms with E-state index >= 15 is 0 Å². The van der Waals surface area contributed by atoms with Crippen molar-refractivity contribution in [1.82, 2.24) is 5.32 Å². The third-order valence-corrected chi connectivity index (χ3v) is 4.12. The third kappa shape index (κ3) is 5.07. The van der Waals surface area contributed by atoms with Crippen LogP contribution in [0.3, 0.4) is 0 Å². The summed E-state index contributed by atoms with van der Waals surface area (Å²) in [6, 6.07) is 14.1. The topological polar surface area (TPSA) is 38.3 Å². The van der Waals surface area contributed by atoms with E-state index < -0.39 is 0 Å². The Morgan fingerprint density at radius 3 is 2.59 bits per heavy atom. The molecule has 5 heteroatoms. The van der Waals surface area contributed by atoms with E-state index in [1.165, 1.54) is 17.8 Å². The average molecular weight is 319 g/mol. The van der Waals surface area contributed by atoms with E-state index in [0.717, 1.165) is 10.6 Å². The fourth-order valence-electron chi connectivity index (χ4n) is 1.91. The minimum Gasteiger partial charge on any atom is -0.497 e.